The van der Waals surface area contributed by atoms with Crippen LogP contribution < -0.4 is 0 Å². The predicted molar refractivity (Wildman–Crippen MR) is 127 cm³/mol. The molecule has 1 fully saturated rings. The highest BCUT2D eigenvalue weighted by molar-refractivity contribution is 5.87. The number of benzene rings is 1. The number of carboxylic acid groups (broad SMARTS) is 1. The second kappa shape index (κ2) is 13.9. The summed E-state index contributed by atoms with van der Waals surface area (Å²) in [6, 6.07) is 7.32. The van der Waals surface area contributed by atoms with Crippen LogP contribution in [0.3, 0.4) is 0 Å². The number of methoxy groups -OCH3 is 2. The van der Waals surface area contributed by atoms with Gasteiger partial charge in [0, 0.05) is 26.1 Å². The Hall–Kier alpha value is -1.39. The van der Waals surface area contributed by atoms with Crippen LogP contribution in [-0.4, -0.2) is 31.1 Å². The molecule has 1 unspecified atom stereocenters. The van der Waals surface area contributed by atoms with Gasteiger partial charge in [-0.05, 0) is 49.8 Å². The lowest BCUT2D eigenvalue weighted by molar-refractivity contribution is -0.278. The maximum Gasteiger partial charge on any atom is 0.335 e. The molecule has 0 radical (unpaired) electrons. The molecule has 4 nitrogen and oxygen atoms in total. The molecule has 4 heteroatoms. The van der Waals surface area contributed by atoms with Crippen LogP contribution in [0.4, 0.5) is 0 Å². The molecule has 1 aromatic carbocycles. The number of carbonyl (C=O) groups is 1. The van der Waals surface area contributed by atoms with E-state index in [0.717, 1.165) is 19.3 Å². The van der Waals surface area contributed by atoms with E-state index in [1.165, 1.54) is 76.2 Å². The predicted octanol–water partition coefficient (Wildman–Crippen LogP) is 7.25. The molecular formula is C27H44O4. The minimum Gasteiger partial charge on any atom is -0.478 e. The van der Waals surface area contributed by atoms with Crippen LogP contribution in [0.1, 0.15) is 106 Å². The van der Waals surface area contributed by atoms with Crippen molar-refractivity contribution < 1.29 is 19.4 Å². The van der Waals surface area contributed by atoms with Crippen molar-refractivity contribution >= 4 is 5.97 Å². The van der Waals surface area contributed by atoms with E-state index in [1.54, 1.807) is 12.1 Å². The van der Waals surface area contributed by atoms with Crippen molar-refractivity contribution in [2.24, 2.45) is 11.8 Å². The number of unbranched alkanes of at least 4 members (excludes halogenated alkanes) is 5. The lowest BCUT2D eigenvalue weighted by Gasteiger charge is -2.46. The van der Waals surface area contributed by atoms with Gasteiger partial charge in [-0.25, -0.2) is 4.79 Å². The molecule has 1 atom stereocenters. The second-order valence-electron chi connectivity index (χ2n) is 9.26. The van der Waals surface area contributed by atoms with Gasteiger partial charge < -0.3 is 14.6 Å². The van der Waals surface area contributed by atoms with Gasteiger partial charge >= 0.3 is 5.97 Å². The van der Waals surface area contributed by atoms with E-state index in [4.69, 9.17) is 14.6 Å². The largest absolute Gasteiger partial charge is 0.478 e. The number of hydrogen-bond acceptors (Lipinski definition) is 3. The third kappa shape index (κ3) is 7.61. The Morgan fingerprint density at radius 3 is 2.16 bits per heavy atom. The number of hydrogen-bond donors (Lipinski definition) is 1. The summed E-state index contributed by atoms with van der Waals surface area (Å²) in [4.78, 5) is 11.1. The van der Waals surface area contributed by atoms with Gasteiger partial charge in [0.1, 0.15) is 0 Å². The summed E-state index contributed by atoms with van der Waals surface area (Å²) in [5, 5.41) is 9.15. The Labute approximate surface area is 189 Å². The summed E-state index contributed by atoms with van der Waals surface area (Å²) in [5.41, 5.74) is 1.53. The molecule has 0 aliphatic heterocycles. The normalized spacial score (nSPS) is 16.4. The molecule has 1 N–H and O–H groups in total. The first-order valence-corrected chi connectivity index (χ1v) is 12.5. The van der Waals surface area contributed by atoms with E-state index in [0.29, 0.717) is 17.4 Å². The fraction of sp³-hybridized carbons (Fsp3) is 0.741. The lowest BCUT2D eigenvalue weighted by Crippen LogP contribution is -2.49. The van der Waals surface area contributed by atoms with Crippen LogP contribution in [0.15, 0.2) is 24.3 Å². The first kappa shape index (κ1) is 25.9. The van der Waals surface area contributed by atoms with Crippen molar-refractivity contribution in [1.82, 2.24) is 0 Å². The highest BCUT2D eigenvalue weighted by Gasteiger charge is 2.45. The molecule has 1 saturated carbocycles. The highest BCUT2D eigenvalue weighted by Crippen LogP contribution is 2.43. The Morgan fingerprint density at radius 1 is 0.968 bits per heavy atom. The lowest BCUT2D eigenvalue weighted by atomic mass is 9.74. The summed E-state index contributed by atoms with van der Waals surface area (Å²) in [6.07, 6.45) is 17.0. The first-order chi connectivity index (χ1) is 15.1. The SMILES string of the molecule is CCCCCCCCC(CCc1ccc(C(=O)O)cc1)C(OC)(OC)C1CCCCC1. The number of ether oxygens (including phenoxy) is 2. The third-order valence-corrected chi connectivity index (χ3v) is 7.27. The van der Waals surface area contributed by atoms with Gasteiger partial charge in [-0.2, -0.15) is 0 Å². The topological polar surface area (TPSA) is 55.8 Å². The smallest absolute Gasteiger partial charge is 0.335 e. The second-order valence-corrected chi connectivity index (χ2v) is 9.26. The third-order valence-electron chi connectivity index (χ3n) is 7.27. The van der Waals surface area contributed by atoms with Gasteiger partial charge in [0.2, 0.25) is 0 Å². The van der Waals surface area contributed by atoms with Crippen LogP contribution in [0.2, 0.25) is 0 Å². The number of aryl methyl sites for hydroxylation is 1. The maximum absolute atomic E-state index is 11.1. The highest BCUT2D eigenvalue weighted by atomic mass is 16.7. The average molecular weight is 433 g/mol. The van der Waals surface area contributed by atoms with E-state index >= 15 is 0 Å². The van der Waals surface area contributed by atoms with Gasteiger partial charge in [-0.1, -0.05) is 76.8 Å². The van der Waals surface area contributed by atoms with Crippen molar-refractivity contribution in [3.63, 3.8) is 0 Å². The molecular weight excluding hydrogens is 388 g/mol. The van der Waals surface area contributed by atoms with E-state index < -0.39 is 11.8 Å². The molecule has 1 aliphatic carbocycles. The van der Waals surface area contributed by atoms with E-state index in [1.807, 2.05) is 26.4 Å². The summed E-state index contributed by atoms with van der Waals surface area (Å²) in [6.45, 7) is 2.26. The van der Waals surface area contributed by atoms with Gasteiger partial charge in [0.25, 0.3) is 0 Å². The molecule has 176 valence electrons. The van der Waals surface area contributed by atoms with E-state index in [9.17, 15) is 4.79 Å². The molecule has 0 spiro atoms. The van der Waals surface area contributed by atoms with Gasteiger partial charge in [-0.3, -0.25) is 0 Å². The van der Waals surface area contributed by atoms with Crippen molar-refractivity contribution in [3.8, 4) is 0 Å². The molecule has 0 aromatic heterocycles. The van der Waals surface area contributed by atoms with E-state index in [-0.39, 0.29) is 0 Å². The fourth-order valence-corrected chi connectivity index (χ4v) is 5.46. The van der Waals surface area contributed by atoms with E-state index in [2.05, 4.69) is 6.92 Å². The first-order valence-electron chi connectivity index (χ1n) is 12.5. The monoisotopic (exact) mass is 432 g/mol. The van der Waals surface area contributed by atoms with Gasteiger partial charge in [-0.15, -0.1) is 0 Å². The molecule has 1 aliphatic rings. The zero-order valence-electron chi connectivity index (χ0n) is 20.0. The Balaban J connectivity index is 2.08. The van der Waals surface area contributed by atoms with Crippen molar-refractivity contribution in [1.29, 1.82) is 0 Å². The quantitative estimate of drug-likeness (QED) is 0.234. The molecule has 2 rings (SSSR count). The molecule has 0 saturated heterocycles. The average Bonchev–Trinajstić information content (AvgIpc) is 2.81. The molecule has 0 heterocycles. The van der Waals surface area contributed by atoms with Crippen LogP contribution in [-0.2, 0) is 15.9 Å². The number of carboxylic acids is 1. The fourth-order valence-electron chi connectivity index (χ4n) is 5.46. The maximum atomic E-state index is 11.1. The van der Waals surface area contributed by atoms with Crippen LogP contribution in [0.25, 0.3) is 0 Å². The summed E-state index contributed by atoms with van der Waals surface area (Å²) in [7, 11) is 3.65. The Morgan fingerprint density at radius 2 is 1.58 bits per heavy atom. The van der Waals surface area contributed by atoms with Crippen LogP contribution >= 0.6 is 0 Å². The molecule has 0 bridgehead atoms. The zero-order valence-corrected chi connectivity index (χ0v) is 20.0. The molecule has 1 aromatic rings. The number of aromatic carboxylic acids is 1. The van der Waals surface area contributed by atoms with Crippen molar-refractivity contribution in [3.05, 3.63) is 35.4 Å². The Bertz CT molecular complexity index is 615. The van der Waals surface area contributed by atoms with Gasteiger partial charge in [0.15, 0.2) is 5.79 Å². The van der Waals surface area contributed by atoms with Crippen molar-refractivity contribution in [2.45, 2.75) is 103 Å². The van der Waals surface area contributed by atoms with Crippen molar-refractivity contribution in [2.75, 3.05) is 14.2 Å². The minimum absolute atomic E-state index is 0.343. The van der Waals surface area contributed by atoms with Crippen LogP contribution in [0, 0.1) is 11.8 Å². The molecule has 31 heavy (non-hydrogen) atoms. The van der Waals surface area contributed by atoms with Crippen LogP contribution in [0.5, 0.6) is 0 Å². The Kier molecular flexibility index (Phi) is 11.6. The summed E-state index contributed by atoms with van der Waals surface area (Å²) < 4.78 is 12.4. The standard InChI is InChI=1S/C27H44O4/c1-4-5-6-7-8-10-15-25(21-18-22-16-19-23(20-17-22)26(28)29)27(30-2,31-3)24-13-11-9-12-14-24/h16-17,19-20,24-25H,4-15,18,21H2,1-3H3,(H,28,29). The minimum atomic E-state index is -0.873. The zero-order chi connectivity index (χ0) is 22.5. The summed E-state index contributed by atoms with van der Waals surface area (Å²) in [5.74, 6) is -0.584. The summed E-state index contributed by atoms with van der Waals surface area (Å²) >= 11 is 0. The van der Waals surface area contributed by atoms with Gasteiger partial charge in [0.05, 0.1) is 5.56 Å². The number of rotatable bonds is 15. The molecule has 0 amide bonds.